The SMILES string of the molecule is CNC(Cc1ccc(F)c(F)c1)C1OCCC1C. The second kappa shape index (κ2) is 5.76. The second-order valence-corrected chi connectivity index (χ2v) is 4.95. The Morgan fingerprint density at radius 1 is 1.39 bits per heavy atom. The Hall–Kier alpha value is -1.00. The van der Waals surface area contributed by atoms with E-state index in [0.717, 1.165) is 18.6 Å². The van der Waals surface area contributed by atoms with Crippen molar-refractivity contribution in [1.82, 2.24) is 5.32 Å². The van der Waals surface area contributed by atoms with Crippen LogP contribution in [0.4, 0.5) is 8.78 Å². The Bertz CT molecular complexity index is 411. The van der Waals surface area contributed by atoms with Crippen LogP contribution in [0.3, 0.4) is 0 Å². The fourth-order valence-electron chi connectivity index (χ4n) is 2.53. The topological polar surface area (TPSA) is 21.3 Å². The van der Waals surface area contributed by atoms with Crippen LogP contribution < -0.4 is 5.32 Å². The second-order valence-electron chi connectivity index (χ2n) is 4.95. The van der Waals surface area contributed by atoms with Crippen LogP contribution >= 0.6 is 0 Å². The zero-order chi connectivity index (χ0) is 13.1. The summed E-state index contributed by atoms with van der Waals surface area (Å²) >= 11 is 0. The number of benzene rings is 1. The van der Waals surface area contributed by atoms with E-state index in [9.17, 15) is 8.78 Å². The Labute approximate surface area is 106 Å². The van der Waals surface area contributed by atoms with Crippen LogP contribution in [0.25, 0.3) is 0 Å². The van der Waals surface area contributed by atoms with Crippen LogP contribution in [-0.4, -0.2) is 25.8 Å². The number of ether oxygens (including phenoxy) is 1. The minimum absolute atomic E-state index is 0.132. The average Bonchev–Trinajstić information content (AvgIpc) is 2.77. The van der Waals surface area contributed by atoms with Crippen molar-refractivity contribution in [3.63, 3.8) is 0 Å². The van der Waals surface area contributed by atoms with Crippen molar-refractivity contribution >= 4 is 0 Å². The molecule has 1 heterocycles. The number of halogens is 2. The van der Waals surface area contributed by atoms with Crippen molar-refractivity contribution < 1.29 is 13.5 Å². The molecule has 100 valence electrons. The minimum Gasteiger partial charge on any atom is -0.376 e. The molecule has 1 aromatic rings. The fraction of sp³-hybridized carbons (Fsp3) is 0.571. The van der Waals surface area contributed by atoms with Gasteiger partial charge in [-0.15, -0.1) is 0 Å². The molecule has 0 aromatic heterocycles. The largest absolute Gasteiger partial charge is 0.376 e. The van der Waals surface area contributed by atoms with Crippen LogP contribution in [0.5, 0.6) is 0 Å². The maximum absolute atomic E-state index is 13.2. The molecule has 0 saturated carbocycles. The van der Waals surface area contributed by atoms with E-state index in [1.54, 1.807) is 6.07 Å². The number of hydrogen-bond acceptors (Lipinski definition) is 2. The normalized spacial score (nSPS) is 25.3. The first-order valence-corrected chi connectivity index (χ1v) is 6.34. The van der Waals surface area contributed by atoms with E-state index in [1.807, 2.05) is 7.05 Å². The van der Waals surface area contributed by atoms with E-state index >= 15 is 0 Å². The van der Waals surface area contributed by atoms with Gasteiger partial charge in [0.15, 0.2) is 11.6 Å². The lowest BCUT2D eigenvalue weighted by Crippen LogP contribution is -2.41. The summed E-state index contributed by atoms with van der Waals surface area (Å²) in [5.41, 5.74) is 0.788. The molecule has 0 amide bonds. The molecule has 3 atom stereocenters. The molecule has 2 nitrogen and oxygen atoms in total. The molecular formula is C14H19F2NO. The van der Waals surface area contributed by atoms with Gasteiger partial charge in [-0.25, -0.2) is 8.78 Å². The number of rotatable bonds is 4. The van der Waals surface area contributed by atoms with Gasteiger partial charge >= 0.3 is 0 Å². The smallest absolute Gasteiger partial charge is 0.159 e. The van der Waals surface area contributed by atoms with Gasteiger partial charge in [0.05, 0.1) is 6.10 Å². The summed E-state index contributed by atoms with van der Waals surface area (Å²) in [6.45, 7) is 2.94. The molecule has 1 saturated heterocycles. The third-order valence-electron chi connectivity index (χ3n) is 3.65. The maximum Gasteiger partial charge on any atom is 0.159 e. The molecule has 4 heteroatoms. The van der Waals surface area contributed by atoms with Crippen molar-refractivity contribution in [2.75, 3.05) is 13.7 Å². The van der Waals surface area contributed by atoms with Gasteiger partial charge in [-0.1, -0.05) is 13.0 Å². The van der Waals surface area contributed by atoms with Gasteiger partial charge in [-0.3, -0.25) is 0 Å². The van der Waals surface area contributed by atoms with Gasteiger partial charge in [0, 0.05) is 12.6 Å². The Balaban J connectivity index is 2.07. The molecule has 18 heavy (non-hydrogen) atoms. The van der Waals surface area contributed by atoms with E-state index in [2.05, 4.69) is 12.2 Å². The number of hydrogen-bond donors (Lipinski definition) is 1. The van der Waals surface area contributed by atoms with Crippen LogP contribution in [0.1, 0.15) is 18.9 Å². The zero-order valence-electron chi connectivity index (χ0n) is 10.7. The first kappa shape index (κ1) is 13.4. The van der Waals surface area contributed by atoms with Crippen LogP contribution in [0.2, 0.25) is 0 Å². The lowest BCUT2D eigenvalue weighted by Gasteiger charge is -2.25. The summed E-state index contributed by atoms with van der Waals surface area (Å²) in [5, 5.41) is 3.22. The molecule has 1 fully saturated rings. The highest BCUT2D eigenvalue weighted by Gasteiger charge is 2.31. The summed E-state index contributed by atoms with van der Waals surface area (Å²) in [6, 6.07) is 4.20. The number of likely N-dealkylation sites (N-methyl/N-ethyl adjacent to an activating group) is 1. The quantitative estimate of drug-likeness (QED) is 0.892. The van der Waals surface area contributed by atoms with E-state index in [4.69, 9.17) is 4.74 Å². The highest BCUT2D eigenvalue weighted by Crippen LogP contribution is 2.24. The van der Waals surface area contributed by atoms with Crippen LogP contribution in [0.15, 0.2) is 18.2 Å². The molecule has 1 aliphatic rings. The molecule has 3 unspecified atom stereocenters. The predicted molar refractivity (Wildman–Crippen MR) is 66.4 cm³/mol. The summed E-state index contributed by atoms with van der Waals surface area (Å²) < 4.78 is 31.7. The summed E-state index contributed by atoms with van der Waals surface area (Å²) in [7, 11) is 1.87. The van der Waals surface area contributed by atoms with Gasteiger partial charge in [-0.2, -0.15) is 0 Å². The molecule has 0 spiro atoms. The lowest BCUT2D eigenvalue weighted by atomic mass is 9.93. The van der Waals surface area contributed by atoms with Crippen molar-refractivity contribution in [1.29, 1.82) is 0 Å². The van der Waals surface area contributed by atoms with Gasteiger partial charge in [0.2, 0.25) is 0 Å². The van der Waals surface area contributed by atoms with Crippen LogP contribution in [-0.2, 0) is 11.2 Å². The van der Waals surface area contributed by atoms with Gasteiger partial charge in [0.25, 0.3) is 0 Å². The van der Waals surface area contributed by atoms with Crippen molar-refractivity contribution in [3.05, 3.63) is 35.4 Å². The monoisotopic (exact) mass is 255 g/mol. The lowest BCUT2D eigenvalue weighted by molar-refractivity contribution is 0.0634. The average molecular weight is 255 g/mol. The Morgan fingerprint density at radius 3 is 2.72 bits per heavy atom. The molecule has 1 aliphatic heterocycles. The van der Waals surface area contributed by atoms with Gasteiger partial charge in [0.1, 0.15) is 0 Å². The maximum atomic E-state index is 13.2. The summed E-state index contributed by atoms with van der Waals surface area (Å²) in [6.07, 6.45) is 1.84. The highest BCUT2D eigenvalue weighted by atomic mass is 19.2. The predicted octanol–water partition coefficient (Wildman–Crippen LogP) is 2.52. The summed E-state index contributed by atoms with van der Waals surface area (Å²) in [5.74, 6) is -1.10. The summed E-state index contributed by atoms with van der Waals surface area (Å²) in [4.78, 5) is 0. The Morgan fingerprint density at radius 2 is 2.17 bits per heavy atom. The van der Waals surface area contributed by atoms with E-state index in [-0.39, 0.29) is 12.1 Å². The van der Waals surface area contributed by atoms with E-state index in [0.29, 0.717) is 12.3 Å². The molecule has 1 N–H and O–H groups in total. The van der Waals surface area contributed by atoms with Crippen molar-refractivity contribution in [3.8, 4) is 0 Å². The minimum atomic E-state index is -0.801. The molecule has 0 bridgehead atoms. The molecular weight excluding hydrogens is 236 g/mol. The fourth-order valence-corrected chi connectivity index (χ4v) is 2.53. The molecule has 2 rings (SSSR count). The van der Waals surface area contributed by atoms with Crippen molar-refractivity contribution in [2.45, 2.75) is 31.9 Å². The third kappa shape index (κ3) is 2.87. The van der Waals surface area contributed by atoms with Gasteiger partial charge in [-0.05, 0) is 43.5 Å². The van der Waals surface area contributed by atoms with Gasteiger partial charge < -0.3 is 10.1 Å². The van der Waals surface area contributed by atoms with Crippen LogP contribution in [0, 0.1) is 17.6 Å². The standard InChI is InChI=1S/C14H19F2NO/c1-9-5-6-18-14(9)13(17-2)8-10-3-4-11(15)12(16)7-10/h3-4,7,9,13-14,17H,5-6,8H2,1-2H3. The van der Waals surface area contributed by atoms with E-state index in [1.165, 1.54) is 12.1 Å². The Kier molecular flexibility index (Phi) is 4.30. The molecule has 0 aliphatic carbocycles. The number of nitrogens with one attached hydrogen (secondary N) is 1. The first-order valence-electron chi connectivity index (χ1n) is 6.34. The molecule has 1 aromatic carbocycles. The highest BCUT2D eigenvalue weighted by molar-refractivity contribution is 5.19. The zero-order valence-corrected chi connectivity index (χ0v) is 10.7. The first-order chi connectivity index (χ1) is 8.61. The van der Waals surface area contributed by atoms with Crippen molar-refractivity contribution in [2.24, 2.45) is 5.92 Å². The third-order valence-corrected chi connectivity index (χ3v) is 3.65. The van der Waals surface area contributed by atoms with E-state index < -0.39 is 11.6 Å². The molecule has 0 radical (unpaired) electrons.